The minimum Gasteiger partial charge on any atom is -0.449 e. The van der Waals surface area contributed by atoms with Crippen molar-refractivity contribution < 1.29 is 9.53 Å². The van der Waals surface area contributed by atoms with Crippen LogP contribution in [-0.4, -0.2) is 36.2 Å². The third kappa shape index (κ3) is 1.69. The Balaban J connectivity index is 2.65. The summed E-state index contributed by atoms with van der Waals surface area (Å²) < 4.78 is 4.91. The molecule has 0 aromatic rings. The van der Waals surface area contributed by atoms with Gasteiger partial charge in [0.2, 0.25) is 0 Å². The first kappa shape index (κ1) is 9.32. The van der Waals surface area contributed by atoms with Crippen LogP contribution < -0.4 is 5.73 Å². The van der Waals surface area contributed by atoms with E-state index in [0.717, 1.165) is 13.0 Å². The van der Waals surface area contributed by atoms with Crippen molar-refractivity contribution in [1.29, 1.82) is 0 Å². The number of carbonyl (C=O) groups excluding carboxylic acids is 1. The number of nitrogens with two attached hydrogens (primary N) is 1. The first-order chi connectivity index (χ1) is 5.58. The highest BCUT2D eigenvalue weighted by atomic mass is 16.6. The molecule has 0 unspecified atom stereocenters. The molecule has 4 heteroatoms. The lowest BCUT2D eigenvalue weighted by molar-refractivity contribution is 0.0340. The van der Waals surface area contributed by atoms with E-state index in [1.165, 1.54) is 0 Å². The topological polar surface area (TPSA) is 55.6 Å². The van der Waals surface area contributed by atoms with Crippen molar-refractivity contribution in [3.8, 4) is 0 Å². The number of nitrogens with zero attached hydrogens (tertiary/aromatic N) is 1. The average molecular weight is 172 g/mol. The van der Waals surface area contributed by atoms with Crippen molar-refractivity contribution in [2.75, 3.05) is 19.7 Å². The zero-order chi connectivity index (χ0) is 9.19. The van der Waals surface area contributed by atoms with Crippen LogP contribution in [0.5, 0.6) is 0 Å². The van der Waals surface area contributed by atoms with E-state index in [1.54, 1.807) is 4.90 Å². The zero-order valence-electron chi connectivity index (χ0n) is 7.67. The third-order valence-corrected chi connectivity index (χ3v) is 2.20. The molecule has 12 heavy (non-hydrogen) atoms. The van der Waals surface area contributed by atoms with E-state index in [-0.39, 0.29) is 11.6 Å². The number of cyclic esters (lactones) is 1. The highest BCUT2D eigenvalue weighted by Gasteiger charge is 2.32. The van der Waals surface area contributed by atoms with Gasteiger partial charge in [-0.05, 0) is 20.3 Å². The summed E-state index contributed by atoms with van der Waals surface area (Å²) in [5.41, 5.74) is 5.27. The van der Waals surface area contributed by atoms with Crippen molar-refractivity contribution in [2.45, 2.75) is 25.8 Å². The molecule has 0 spiro atoms. The van der Waals surface area contributed by atoms with Gasteiger partial charge in [-0.2, -0.15) is 0 Å². The molecule has 0 bridgehead atoms. The fourth-order valence-corrected chi connectivity index (χ4v) is 1.21. The number of amides is 1. The van der Waals surface area contributed by atoms with Gasteiger partial charge in [-0.15, -0.1) is 0 Å². The lowest BCUT2D eigenvalue weighted by atomic mass is 10.0. The summed E-state index contributed by atoms with van der Waals surface area (Å²) in [7, 11) is 0. The van der Waals surface area contributed by atoms with E-state index in [4.69, 9.17) is 10.5 Å². The summed E-state index contributed by atoms with van der Waals surface area (Å²) in [6.45, 7) is 5.64. The molecule has 4 nitrogen and oxygen atoms in total. The van der Waals surface area contributed by atoms with Crippen LogP contribution in [0.15, 0.2) is 0 Å². The van der Waals surface area contributed by atoms with Crippen LogP contribution in [0.1, 0.15) is 20.3 Å². The summed E-state index contributed by atoms with van der Waals surface area (Å²) in [6, 6.07) is 0. The number of rotatable bonds is 2. The Morgan fingerprint density at radius 2 is 2.33 bits per heavy atom. The van der Waals surface area contributed by atoms with E-state index >= 15 is 0 Å². The average Bonchev–Trinajstić information content (AvgIpc) is 2.05. The molecular weight excluding hydrogens is 156 g/mol. The Morgan fingerprint density at radius 3 is 2.83 bits per heavy atom. The van der Waals surface area contributed by atoms with Crippen molar-refractivity contribution in [1.82, 2.24) is 4.90 Å². The predicted molar refractivity (Wildman–Crippen MR) is 45.8 cm³/mol. The molecule has 0 aromatic carbocycles. The molecule has 70 valence electrons. The van der Waals surface area contributed by atoms with Crippen LogP contribution in [0.3, 0.4) is 0 Å². The molecule has 1 aliphatic heterocycles. The summed E-state index contributed by atoms with van der Waals surface area (Å²) in [4.78, 5) is 12.9. The number of ether oxygens (including phenoxy) is 1. The van der Waals surface area contributed by atoms with Gasteiger partial charge in [0.05, 0.1) is 12.1 Å². The Morgan fingerprint density at radius 1 is 1.67 bits per heavy atom. The van der Waals surface area contributed by atoms with Crippen molar-refractivity contribution in [2.24, 2.45) is 5.73 Å². The second-order valence-corrected chi connectivity index (χ2v) is 3.64. The van der Waals surface area contributed by atoms with Crippen LogP contribution in [0.2, 0.25) is 0 Å². The molecule has 0 radical (unpaired) electrons. The Labute approximate surface area is 72.7 Å². The Hall–Kier alpha value is -0.770. The normalized spacial score (nSPS) is 19.2. The molecule has 0 atom stereocenters. The maximum atomic E-state index is 11.2. The first-order valence-electron chi connectivity index (χ1n) is 4.22. The van der Waals surface area contributed by atoms with Gasteiger partial charge < -0.3 is 15.4 Å². The third-order valence-electron chi connectivity index (χ3n) is 2.20. The van der Waals surface area contributed by atoms with Gasteiger partial charge in [0.15, 0.2) is 0 Å². The van der Waals surface area contributed by atoms with Crippen LogP contribution in [0.25, 0.3) is 0 Å². The molecule has 0 aromatic heterocycles. The summed E-state index contributed by atoms with van der Waals surface area (Å²) in [5.74, 6) is 0. The smallest absolute Gasteiger partial charge is 0.410 e. The van der Waals surface area contributed by atoms with E-state index in [9.17, 15) is 4.79 Å². The van der Waals surface area contributed by atoms with Crippen LogP contribution in [-0.2, 0) is 4.74 Å². The first-order valence-corrected chi connectivity index (χ1v) is 4.22. The van der Waals surface area contributed by atoms with Crippen LogP contribution in [0, 0.1) is 0 Å². The van der Waals surface area contributed by atoms with Gasteiger partial charge >= 0.3 is 6.09 Å². The molecule has 1 rings (SSSR count). The highest BCUT2D eigenvalue weighted by Crippen LogP contribution is 2.17. The van der Waals surface area contributed by atoms with Crippen LogP contribution >= 0.6 is 0 Å². The largest absolute Gasteiger partial charge is 0.449 e. The molecule has 0 saturated carbocycles. The Kier molecular flexibility index (Phi) is 2.57. The quantitative estimate of drug-likeness (QED) is 0.662. The second kappa shape index (κ2) is 3.31. The van der Waals surface area contributed by atoms with Gasteiger partial charge in [-0.25, -0.2) is 4.79 Å². The lowest BCUT2D eigenvalue weighted by Crippen LogP contribution is -2.54. The minimum atomic E-state index is -0.280. The number of hydrogen-bond donors (Lipinski definition) is 1. The summed E-state index contributed by atoms with van der Waals surface area (Å²) in [6.07, 6.45) is 0.659. The maximum absolute atomic E-state index is 11.2. The lowest BCUT2D eigenvalue weighted by Gasteiger charge is -2.39. The van der Waals surface area contributed by atoms with Gasteiger partial charge in [0.25, 0.3) is 0 Å². The van der Waals surface area contributed by atoms with E-state index < -0.39 is 0 Å². The number of carbonyl (C=O) groups is 1. The Bertz CT molecular complexity index is 180. The second-order valence-electron chi connectivity index (χ2n) is 3.64. The summed E-state index contributed by atoms with van der Waals surface area (Å²) in [5, 5.41) is 0. The molecule has 0 aliphatic carbocycles. The van der Waals surface area contributed by atoms with Crippen molar-refractivity contribution >= 4 is 6.09 Å². The molecular formula is C8H16N2O2. The van der Waals surface area contributed by atoms with E-state index in [0.29, 0.717) is 13.2 Å². The van der Waals surface area contributed by atoms with Gasteiger partial charge in [-0.1, -0.05) is 0 Å². The standard InChI is InChI=1S/C8H16N2O2/c1-8(2,6-9)10-4-3-5-12-7(10)11/h3-6,9H2,1-2H3. The molecule has 2 N–H and O–H groups in total. The van der Waals surface area contributed by atoms with Gasteiger partial charge in [0, 0.05) is 13.1 Å². The highest BCUT2D eigenvalue weighted by molar-refractivity contribution is 5.69. The fraction of sp³-hybridized carbons (Fsp3) is 0.875. The monoisotopic (exact) mass is 172 g/mol. The number of hydrogen-bond acceptors (Lipinski definition) is 3. The van der Waals surface area contributed by atoms with Crippen molar-refractivity contribution in [3.63, 3.8) is 0 Å². The van der Waals surface area contributed by atoms with E-state index in [1.807, 2.05) is 13.8 Å². The predicted octanol–water partition coefficient (Wildman–Crippen LogP) is 0.566. The van der Waals surface area contributed by atoms with E-state index in [2.05, 4.69) is 0 Å². The summed E-state index contributed by atoms with van der Waals surface area (Å²) >= 11 is 0. The van der Waals surface area contributed by atoms with Gasteiger partial charge in [0.1, 0.15) is 0 Å². The molecule has 1 saturated heterocycles. The minimum absolute atomic E-state index is 0.239. The zero-order valence-corrected chi connectivity index (χ0v) is 7.67. The van der Waals surface area contributed by atoms with Gasteiger partial charge in [-0.3, -0.25) is 0 Å². The molecule has 1 fully saturated rings. The molecule has 1 amide bonds. The molecule has 1 aliphatic rings. The van der Waals surface area contributed by atoms with Crippen LogP contribution in [0.4, 0.5) is 4.79 Å². The molecule has 1 heterocycles. The van der Waals surface area contributed by atoms with Crippen molar-refractivity contribution in [3.05, 3.63) is 0 Å². The fourth-order valence-electron chi connectivity index (χ4n) is 1.21. The SMILES string of the molecule is CC(C)(CN)N1CCCOC1=O. The maximum Gasteiger partial charge on any atom is 0.410 e.